The Morgan fingerprint density at radius 1 is 1.03 bits per heavy atom. The van der Waals surface area contributed by atoms with E-state index in [1.807, 2.05) is 44.2 Å². The summed E-state index contributed by atoms with van der Waals surface area (Å²) in [5.74, 6) is -0.958. The van der Waals surface area contributed by atoms with Gasteiger partial charge in [0.05, 0.1) is 5.92 Å². The number of carbonyl (C=O) groups excluding carboxylic acids is 3. The minimum absolute atomic E-state index is 0.0776. The molecule has 166 valence electrons. The van der Waals surface area contributed by atoms with Crippen LogP contribution < -0.4 is 10.6 Å². The van der Waals surface area contributed by atoms with Crippen molar-refractivity contribution in [1.82, 2.24) is 10.2 Å². The summed E-state index contributed by atoms with van der Waals surface area (Å²) in [7, 11) is 0. The minimum atomic E-state index is -0.376. The molecule has 2 rings (SSSR count). The summed E-state index contributed by atoms with van der Waals surface area (Å²) in [6.45, 7) is 11.0. The van der Waals surface area contributed by atoms with Crippen LogP contribution in [0, 0.1) is 11.3 Å². The number of amides is 3. The van der Waals surface area contributed by atoms with Crippen LogP contribution in [0.3, 0.4) is 0 Å². The number of ether oxygens (including phenoxy) is 1. The van der Waals surface area contributed by atoms with Gasteiger partial charge >= 0.3 is 12.0 Å². The number of para-hydroxylation sites is 1. The molecule has 0 aromatic heterocycles. The number of anilines is 1. The molecule has 0 atom stereocenters. The van der Waals surface area contributed by atoms with Crippen molar-refractivity contribution in [2.24, 2.45) is 11.3 Å². The highest BCUT2D eigenvalue weighted by molar-refractivity contribution is 5.89. The van der Waals surface area contributed by atoms with Crippen LogP contribution in [0.15, 0.2) is 30.3 Å². The van der Waals surface area contributed by atoms with Crippen LogP contribution in [0.1, 0.15) is 53.9 Å². The van der Waals surface area contributed by atoms with Gasteiger partial charge in [0.15, 0.2) is 6.61 Å². The van der Waals surface area contributed by atoms with E-state index in [1.54, 1.807) is 4.90 Å². The number of esters is 1. The van der Waals surface area contributed by atoms with Crippen LogP contribution in [0.5, 0.6) is 0 Å². The summed E-state index contributed by atoms with van der Waals surface area (Å²) < 4.78 is 5.24. The van der Waals surface area contributed by atoms with E-state index in [9.17, 15) is 14.4 Å². The maximum Gasteiger partial charge on any atom is 0.321 e. The lowest BCUT2D eigenvalue weighted by Gasteiger charge is -2.33. The van der Waals surface area contributed by atoms with Gasteiger partial charge < -0.3 is 20.3 Å². The number of nitrogens with zero attached hydrogens (tertiary/aromatic N) is 1. The van der Waals surface area contributed by atoms with Gasteiger partial charge in [-0.05, 0) is 50.7 Å². The summed E-state index contributed by atoms with van der Waals surface area (Å²) in [5, 5.41) is 5.79. The quantitative estimate of drug-likeness (QED) is 0.689. The second-order valence-electron chi connectivity index (χ2n) is 9.83. The summed E-state index contributed by atoms with van der Waals surface area (Å²) >= 11 is 0. The number of hydrogen-bond acceptors (Lipinski definition) is 4. The van der Waals surface area contributed by atoms with Crippen molar-refractivity contribution in [2.45, 2.75) is 59.4 Å². The largest absolute Gasteiger partial charge is 0.455 e. The number of urea groups is 1. The Hall–Kier alpha value is -2.57. The average Bonchev–Trinajstić information content (AvgIpc) is 2.64. The number of rotatable bonds is 6. The fraction of sp³-hybridized carbons (Fsp3) is 0.609. The first-order chi connectivity index (χ1) is 14.0. The van der Waals surface area contributed by atoms with Crippen LogP contribution >= 0.6 is 0 Å². The van der Waals surface area contributed by atoms with E-state index < -0.39 is 0 Å². The van der Waals surface area contributed by atoms with Crippen molar-refractivity contribution < 1.29 is 19.1 Å². The van der Waals surface area contributed by atoms with Crippen molar-refractivity contribution in [1.29, 1.82) is 0 Å². The molecule has 7 heteroatoms. The maximum atomic E-state index is 12.3. The predicted molar refractivity (Wildman–Crippen MR) is 117 cm³/mol. The monoisotopic (exact) mass is 417 g/mol. The fourth-order valence-corrected chi connectivity index (χ4v) is 4.08. The Morgan fingerprint density at radius 2 is 1.63 bits per heavy atom. The molecule has 1 aromatic carbocycles. The smallest absolute Gasteiger partial charge is 0.321 e. The molecule has 1 fully saturated rings. The summed E-state index contributed by atoms with van der Waals surface area (Å²) in [5.41, 5.74) is 0.442. The lowest BCUT2D eigenvalue weighted by molar-refractivity contribution is -0.154. The van der Waals surface area contributed by atoms with Gasteiger partial charge in [0.25, 0.3) is 5.91 Å². The molecule has 1 saturated heterocycles. The summed E-state index contributed by atoms with van der Waals surface area (Å²) in [4.78, 5) is 38.6. The zero-order valence-corrected chi connectivity index (χ0v) is 18.8. The van der Waals surface area contributed by atoms with Gasteiger partial charge in [-0.2, -0.15) is 0 Å². The molecule has 0 radical (unpaired) electrons. The van der Waals surface area contributed by atoms with Gasteiger partial charge in [0, 0.05) is 24.3 Å². The van der Waals surface area contributed by atoms with Gasteiger partial charge in [-0.25, -0.2) is 4.79 Å². The molecule has 0 spiro atoms. The molecule has 30 heavy (non-hydrogen) atoms. The van der Waals surface area contributed by atoms with E-state index in [0.717, 1.165) is 12.1 Å². The first-order valence-electron chi connectivity index (χ1n) is 10.5. The molecule has 2 N–H and O–H groups in total. The zero-order chi connectivity index (χ0) is 22.4. The van der Waals surface area contributed by atoms with Crippen molar-refractivity contribution in [3.63, 3.8) is 0 Å². The van der Waals surface area contributed by atoms with Crippen molar-refractivity contribution in [3.8, 4) is 0 Å². The molecule has 0 unspecified atom stereocenters. The van der Waals surface area contributed by atoms with E-state index in [4.69, 9.17) is 4.74 Å². The lowest BCUT2D eigenvalue weighted by atomic mass is 9.82. The van der Waals surface area contributed by atoms with Crippen LogP contribution in [0.2, 0.25) is 0 Å². The number of piperidine rings is 1. The number of likely N-dealkylation sites (tertiary alicyclic amines) is 1. The van der Waals surface area contributed by atoms with E-state index in [0.29, 0.717) is 25.9 Å². The Morgan fingerprint density at radius 3 is 2.20 bits per heavy atom. The van der Waals surface area contributed by atoms with Gasteiger partial charge in [-0.3, -0.25) is 9.59 Å². The first kappa shape index (κ1) is 23.7. The molecular weight excluding hydrogens is 382 g/mol. The second-order valence-corrected chi connectivity index (χ2v) is 9.83. The van der Waals surface area contributed by atoms with Crippen molar-refractivity contribution in [2.75, 3.05) is 25.0 Å². The first-order valence-corrected chi connectivity index (χ1v) is 10.5. The highest BCUT2D eigenvalue weighted by atomic mass is 16.5. The molecule has 0 aliphatic carbocycles. The van der Waals surface area contributed by atoms with Crippen LogP contribution in [-0.2, 0) is 14.3 Å². The Bertz CT molecular complexity index is 733. The normalized spacial score (nSPS) is 15.4. The maximum absolute atomic E-state index is 12.3. The van der Waals surface area contributed by atoms with Gasteiger partial charge in [0.2, 0.25) is 0 Å². The highest BCUT2D eigenvalue weighted by Gasteiger charge is 2.30. The molecule has 7 nitrogen and oxygen atoms in total. The molecule has 1 aliphatic heterocycles. The molecule has 1 aromatic rings. The molecule has 0 bridgehead atoms. The lowest BCUT2D eigenvalue weighted by Crippen LogP contribution is -2.47. The average molecular weight is 418 g/mol. The SMILES string of the molecule is CC(C)(C)CC(C)(C)NC(=O)COC(=O)C1CCN(C(=O)Nc2ccccc2)CC1. The third-order valence-corrected chi connectivity index (χ3v) is 4.94. The highest BCUT2D eigenvalue weighted by Crippen LogP contribution is 2.26. The Labute approximate surface area is 179 Å². The molecule has 1 aliphatic rings. The van der Waals surface area contributed by atoms with E-state index in [-0.39, 0.29) is 41.4 Å². The van der Waals surface area contributed by atoms with E-state index in [2.05, 4.69) is 31.4 Å². The Balaban J connectivity index is 1.72. The Kier molecular flexibility index (Phi) is 7.87. The fourth-order valence-electron chi connectivity index (χ4n) is 4.08. The van der Waals surface area contributed by atoms with E-state index >= 15 is 0 Å². The number of hydrogen-bond donors (Lipinski definition) is 2. The van der Waals surface area contributed by atoms with Gasteiger partial charge in [0.1, 0.15) is 0 Å². The summed E-state index contributed by atoms with van der Waals surface area (Å²) in [6, 6.07) is 9.09. The van der Waals surface area contributed by atoms with E-state index in [1.165, 1.54) is 0 Å². The summed E-state index contributed by atoms with van der Waals surface area (Å²) in [6.07, 6.45) is 1.86. The standard InChI is InChI=1S/C23H35N3O4/c1-22(2,3)16-23(4,5)25-19(27)15-30-20(28)17-11-13-26(14-12-17)21(29)24-18-9-7-6-8-10-18/h6-10,17H,11-16H2,1-5H3,(H,24,29)(H,25,27). The third-order valence-electron chi connectivity index (χ3n) is 4.94. The van der Waals surface area contributed by atoms with Crippen LogP contribution in [-0.4, -0.2) is 48.0 Å². The molecule has 1 heterocycles. The number of carbonyl (C=O) groups is 3. The molecule has 0 saturated carbocycles. The third kappa shape index (κ3) is 8.05. The number of nitrogens with one attached hydrogen (secondary N) is 2. The van der Waals surface area contributed by atoms with Crippen molar-refractivity contribution >= 4 is 23.6 Å². The molecular formula is C23H35N3O4. The minimum Gasteiger partial charge on any atom is -0.455 e. The van der Waals surface area contributed by atoms with Crippen molar-refractivity contribution in [3.05, 3.63) is 30.3 Å². The topological polar surface area (TPSA) is 87.7 Å². The zero-order valence-electron chi connectivity index (χ0n) is 18.8. The van der Waals surface area contributed by atoms with Gasteiger partial charge in [-0.1, -0.05) is 39.0 Å². The van der Waals surface area contributed by atoms with Gasteiger partial charge in [-0.15, -0.1) is 0 Å². The number of benzene rings is 1. The molecule has 3 amide bonds. The second kappa shape index (κ2) is 9.96. The van der Waals surface area contributed by atoms with Crippen LogP contribution in [0.25, 0.3) is 0 Å². The predicted octanol–water partition coefficient (Wildman–Crippen LogP) is 3.80. The van der Waals surface area contributed by atoms with Crippen LogP contribution in [0.4, 0.5) is 10.5 Å².